The van der Waals surface area contributed by atoms with Crippen molar-refractivity contribution in [2.45, 2.75) is 45.4 Å². The second-order valence-electron chi connectivity index (χ2n) is 4.97. The Labute approximate surface area is 115 Å². The Balaban J connectivity index is 2.09. The molecule has 2 rings (SSSR count). The lowest BCUT2D eigenvalue weighted by atomic mass is 9.94. The molecule has 0 atom stereocenters. The summed E-state index contributed by atoms with van der Waals surface area (Å²) in [5.74, 6) is 1.01. The maximum Gasteiger partial charge on any atom is 0.188 e. The van der Waals surface area contributed by atoms with E-state index in [1.807, 2.05) is 31.2 Å². The monoisotopic (exact) mass is 258 g/mol. The van der Waals surface area contributed by atoms with Crippen molar-refractivity contribution in [2.75, 3.05) is 6.61 Å². The van der Waals surface area contributed by atoms with E-state index in [0.717, 1.165) is 36.1 Å². The molecule has 0 N–H and O–H groups in total. The molecule has 19 heavy (non-hydrogen) atoms. The van der Waals surface area contributed by atoms with Crippen molar-refractivity contribution in [2.24, 2.45) is 0 Å². The van der Waals surface area contributed by atoms with Gasteiger partial charge in [0.2, 0.25) is 0 Å². The van der Waals surface area contributed by atoms with Gasteiger partial charge in [0.15, 0.2) is 5.78 Å². The van der Waals surface area contributed by atoms with E-state index in [1.54, 1.807) is 0 Å². The van der Waals surface area contributed by atoms with Crippen LogP contribution in [0.2, 0.25) is 0 Å². The Hall–Kier alpha value is -1.57. The lowest BCUT2D eigenvalue weighted by Gasteiger charge is -2.11. The van der Waals surface area contributed by atoms with Crippen molar-refractivity contribution in [1.82, 2.24) is 0 Å². The highest BCUT2D eigenvalue weighted by molar-refractivity contribution is 6.08. The molecule has 102 valence electrons. The first-order chi connectivity index (χ1) is 9.31. The van der Waals surface area contributed by atoms with Crippen molar-refractivity contribution in [1.29, 1.82) is 0 Å². The van der Waals surface area contributed by atoms with E-state index in [9.17, 15) is 4.79 Å². The highest BCUT2D eigenvalue weighted by Gasteiger charge is 2.13. The minimum absolute atomic E-state index is 0.185. The zero-order valence-corrected chi connectivity index (χ0v) is 11.7. The summed E-state index contributed by atoms with van der Waals surface area (Å²) in [6.45, 7) is 2.61. The molecule has 2 nitrogen and oxygen atoms in total. The summed E-state index contributed by atoms with van der Waals surface area (Å²) < 4.78 is 5.40. The lowest BCUT2D eigenvalue weighted by Crippen LogP contribution is -2.05. The molecule has 0 bridgehead atoms. The quantitative estimate of drug-likeness (QED) is 0.741. The fourth-order valence-electron chi connectivity index (χ4n) is 2.45. The lowest BCUT2D eigenvalue weighted by molar-refractivity contribution is 0.102. The average Bonchev–Trinajstić information content (AvgIpc) is 2.39. The highest BCUT2D eigenvalue weighted by atomic mass is 16.5. The second kappa shape index (κ2) is 7.13. The molecule has 1 aromatic rings. The van der Waals surface area contributed by atoms with Gasteiger partial charge in [-0.15, -0.1) is 0 Å². The van der Waals surface area contributed by atoms with Crippen LogP contribution in [0.4, 0.5) is 0 Å². The van der Waals surface area contributed by atoms with Crippen LogP contribution >= 0.6 is 0 Å². The molecule has 1 aliphatic carbocycles. The Morgan fingerprint density at radius 1 is 1.11 bits per heavy atom. The van der Waals surface area contributed by atoms with Gasteiger partial charge in [0.25, 0.3) is 0 Å². The third-order valence-corrected chi connectivity index (χ3v) is 3.51. The van der Waals surface area contributed by atoms with E-state index in [4.69, 9.17) is 4.74 Å². The summed E-state index contributed by atoms with van der Waals surface area (Å²) in [6, 6.07) is 7.49. The molecule has 0 heterocycles. The summed E-state index contributed by atoms with van der Waals surface area (Å²) in [7, 11) is 0. The van der Waals surface area contributed by atoms with Crippen LogP contribution in [0, 0.1) is 0 Å². The van der Waals surface area contributed by atoms with Gasteiger partial charge in [0, 0.05) is 5.56 Å². The number of carbonyl (C=O) groups is 1. The molecule has 0 amide bonds. The molecule has 1 aromatic carbocycles. The molecule has 0 saturated carbocycles. The minimum Gasteiger partial charge on any atom is -0.494 e. The molecule has 0 saturated heterocycles. The summed E-state index contributed by atoms with van der Waals surface area (Å²) in [5, 5.41) is 0. The molecule has 0 unspecified atom stereocenters. The van der Waals surface area contributed by atoms with Gasteiger partial charge >= 0.3 is 0 Å². The van der Waals surface area contributed by atoms with E-state index in [1.165, 1.54) is 19.3 Å². The van der Waals surface area contributed by atoms with Gasteiger partial charge in [-0.25, -0.2) is 0 Å². The van der Waals surface area contributed by atoms with Crippen molar-refractivity contribution >= 4 is 5.78 Å². The van der Waals surface area contributed by atoms with Gasteiger partial charge in [-0.2, -0.15) is 0 Å². The zero-order chi connectivity index (χ0) is 13.5. The number of ether oxygens (including phenoxy) is 1. The second-order valence-corrected chi connectivity index (χ2v) is 4.97. The van der Waals surface area contributed by atoms with Crippen LogP contribution in [-0.2, 0) is 0 Å². The van der Waals surface area contributed by atoms with E-state index in [2.05, 4.69) is 6.08 Å². The van der Waals surface area contributed by atoms with Crippen LogP contribution in [0.25, 0.3) is 0 Å². The van der Waals surface area contributed by atoms with Crippen molar-refractivity contribution in [3.63, 3.8) is 0 Å². The van der Waals surface area contributed by atoms with Gasteiger partial charge in [-0.3, -0.25) is 4.79 Å². The van der Waals surface area contributed by atoms with Crippen LogP contribution < -0.4 is 4.74 Å². The Morgan fingerprint density at radius 3 is 2.58 bits per heavy atom. The minimum atomic E-state index is 0.185. The molecular formula is C17H22O2. The van der Waals surface area contributed by atoms with Crippen molar-refractivity contribution < 1.29 is 9.53 Å². The Bertz CT molecular complexity index is 443. The van der Waals surface area contributed by atoms with E-state index >= 15 is 0 Å². The fourth-order valence-corrected chi connectivity index (χ4v) is 2.45. The topological polar surface area (TPSA) is 26.3 Å². The van der Waals surface area contributed by atoms with Crippen LogP contribution in [0.1, 0.15) is 55.8 Å². The van der Waals surface area contributed by atoms with Crippen LogP contribution in [0.5, 0.6) is 5.75 Å². The molecule has 2 heteroatoms. The molecule has 1 aliphatic rings. The van der Waals surface area contributed by atoms with Gasteiger partial charge in [-0.05, 0) is 62.4 Å². The fraction of sp³-hybridized carbons (Fsp3) is 0.471. The van der Waals surface area contributed by atoms with Gasteiger partial charge < -0.3 is 4.74 Å². The smallest absolute Gasteiger partial charge is 0.188 e. The number of ketones is 1. The van der Waals surface area contributed by atoms with Gasteiger partial charge in [0.05, 0.1) is 6.61 Å². The molecule has 0 fully saturated rings. The van der Waals surface area contributed by atoms with Gasteiger partial charge in [-0.1, -0.05) is 18.9 Å². The van der Waals surface area contributed by atoms with Crippen LogP contribution in [-0.4, -0.2) is 12.4 Å². The third-order valence-electron chi connectivity index (χ3n) is 3.51. The Morgan fingerprint density at radius 2 is 1.84 bits per heavy atom. The normalized spacial score (nSPS) is 18.9. The van der Waals surface area contributed by atoms with Crippen molar-refractivity contribution in [3.8, 4) is 5.75 Å². The number of hydrogen-bond donors (Lipinski definition) is 0. The molecule has 0 radical (unpaired) electrons. The molecule has 0 spiro atoms. The largest absolute Gasteiger partial charge is 0.494 e. The SMILES string of the molecule is CCOc1ccc(C(=O)/C2=C/CCCCCC2)cc1. The number of allylic oxidation sites excluding steroid dienone is 2. The third kappa shape index (κ3) is 3.95. The molecular weight excluding hydrogens is 236 g/mol. The number of hydrogen-bond acceptors (Lipinski definition) is 2. The highest BCUT2D eigenvalue weighted by Crippen LogP contribution is 2.21. The zero-order valence-electron chi connectivity index (χ0n) is 11.7. The van der Waals surface area contributed by atoms with Crippen LogP contribution in [0.15, 0.2) is 35.9 Å². The van der Waals surface area contributed by atoms with Crippen molar-refractivity contribution in [3.05, 3.63) is 41.5 Å². The molecule has 0 aliphatic heterocycles. The number of carbonyl (C=O) groups excluding carboxylic acids is 1. The summed E-state index contributed by atoms with van der Waals surface area (Å²) in [4.78, 5) is 12.4. The first kappa shape index (κ1) is 13.9. The predicted octanol–water partition coefficient (Wildman–Crippen LogP) is 4.55. The summed E-state index contributed by atoms with van der Waals surface area (Å²) >= 11 is 0. The number of rotatable bonds is 4. The summed E-state index contributed by atoms with van der Waals surface area (Å²) in [5.41, 5.74) is 1.76. The van der Waals surface area contributed by atoms with E-state index < -0.39 is 0 Å². The average molecular weight is 258 g/mol. The number of benzene rings is 1. The maximum absolute atomic E-state index is 12.4. The van der Waals surface area contributed by atoms with E-state index in [-0.39, 0.29) is 5.78 Å². The van der Waals surface area contributed by atoms with E-state index in [0.29, 0.717) is 6.61 Å². The first-order valence-corrected chi connectivity index (χ1v) is 7.28. The standard InChI is InChI=1S/C17H22O2/c1-2-19-16-12-10-15(11-13-16)17(18)14-8-6-4-3-5-7-9-14/h8,10-13H,2-7,9H2,1H3/b14-8+. The maximum atomic E-state index is 12.4. The predicted molar refractivity (Wildman–Crippen MR) is 77.7 cm³/mol. The Kier molecular flexibility index (Phi) is 5.20. The van der Waals surface area contributed by atoms with Gasteiger partial charge in [0.1, 0.15) is 5.75 Å². The van der Waals surface area contributed by atoms with Crippen LogP contribution in [0.3, 0.4) is 0 Å². The number of Topliss-reactive ketones (excluding diaryl/α,β-unsaturated/α-hetero) is 1. The summed E-state index contributed by atoms with van der Waals surface area (Å²) in [6.07, 6.45) is 8.98. The first-order valence-electron chi connectivity index (χ1n) is 7.28. The molecule has 0 aromatic heterocycles.